The molecule has 9 heteroatoms. The lowest BCUT2D eigenvalue weighted by atomic mass is 10.2. The molecule has 2 atom stereocenters. The van der Waals surface area contributed by atoms with Crippen LogP contribution in [0.2, 0.25) is 0 Å². The van der Waals surface area contributed by atoms with Crippen LogP contribution in [0.4, 0.5) is 0 Å². The molecule has 3 rings (SSSR count). The second-order valence-electron chi connectivity index (χ2n) is 6.38. The maximum atomic E-state index is 13.2. The topological polar surface area (TPSA) is 89.5 Å². The first-order valence-corrected chi connectivity index (χ1v) is 12.3. The second kappa shape index (κ2) is 7.30. The Morgan fingerprint density at radius 3 is 2.69 bits per heavy atom. The standard InChI is InChI=1S/C17H21NO5S3/c1-12-5-6-15(23-2)16(8-12)26(21,22)17-11-25(19,20)10-14(17)18-9-13-4-3-7-24-13/h3-8,14,17-18H,9-11H2,1-2H3/t14-,17-/m0/s1. The average Bonchev–Trinajstić information content (AvgIpc) is 3.20. The third kappa shape index (κ3) is 3.95. The van der Waals surface area contributed by atoms with E-state index in [0.717, 1.165) is 10.4 Å². The van der Waals surface area contributed by atoms with Gasteiger partial charge in [-0.25, -0.2) is 16.8 Å². The Bertz CT molecular complexity index is 981. The Balaban J connectivity index is 1.94. The molecule has 2 heterocycles. The highest BCUT2D eigenvalue weighted by atomic mass is 32.2. The van der Waals surface area contributed by atoms with Gasteiger partial charge < -0.3 is 10.1 Å². The summed E-state index contributed by atoms with van der Waals surface area (Å²) < 4.78 is 56.1. The van der Waals surface area contributed by atoms with Gasteiger partial charge in [-0.1, -0.05) is 12.1 Å². The number of ether oxygens (including phenoxy) is 1. The SMILES string of the molecule is COc1ccc(C)cc1S(=O)(=O)[C@H]1CS(=O)(=O)C[C@@H]1NCc1cccs1. The first-order valence-electron chi connectivity index (χ1n) is 8.08. The minimum Gasteiger partial charge on any atom is -0.495 e. The highest BCUT2D eigenvalue weighted by Gasteiger charge is 2.46. The van der Waals surface area contributed by atoms with Crippen molar-refractivity contribution in [3.63, 3.8) is 0 Å². The van der Waals surface area contributed by atoms with Crippen molar-refractivity contribution >= 4 is 31.0 Å². The van der Waals surface area contributed by atoms with Crippen LogP contribution in [0.15, 0.2) is 40.6 Å². The van der Waals surface area contributed by atoms with Crippen molar-refractivity contribution < 1.29 is 21.6 Å². The molecular weight excluding hydrogens is 394 g/mol. The lowest BCUT2D eigenvalue weighted by Gasteiger charge is -2.21. The summed E-state index contributed by atoms with van der Waals surface area (Å²) in [6.45, 7) is 2.23. The molecule has 2 aromatic rings. The molecule has 1 fully saturated rings. The quantitative estimate of drug-likeness (QED) is 0.774. The van der Waals surface area contributed by atoms with Gasteiger partial charge in [-0.3, -0.25) is 0 Å². The molecule has 0 spiro atoms. The van der Waals surface area contributed by atoms with E-state index >= 15 is 0 Å². The van der Waals surface area contributed by atoms with E-state index in [1.165, 1.54) is 24.5 Å². The lowest BCUT2D eigenvalue weighted by Crippen LogP contribution is -2.43. The van der Waals surface area contributed by atoms with Gasteiger partial charge in [0.15, 0.2) is 19.7 Å². The van der Waals surface area contributed by atoms with E-state index in [9.17, 15) is 16.8 Å². The van der Waals surface area contributed by atoms with Gasteiger partial charge in [-0.05, 0) is 36.1 Å². The normalized spacial score (nSPS) is 22.4. The van der Waals surface area contributed by atoms with Crippen LogP contribution in [0.5, 0.6) is 5.75 Å². The monoisotopic (exact) mass is 415 g/mol. The van der Waals surface area contributed by atoms with Gasteiger partial charge in [0, 0.05) is 17.5 Å². The fraction of sp³-hybridized carbons (Fsp3) is 0.412. The highest BCUT2D eigenvalue weighted by molar-refractivity contribution is 7.96. The minimum absolute atomic E-state index is 0.0463. The van der Waals surface area contributed by atoms with E-state index in [1.54, 1.807) is 19.1 Å². The second-order valence-corrected chi connectivity index (χ2v) is 11.7. The van der Waals surface area contributed by atoms with Crippen molar-refractivity contribution in [2.75, 3.05) is 18.6 Å². The highest BCUT2D eigenvalue weighted by Crippen LogP contribution is 2.32. The average molecular weight is 416 g/mol. The van der Waals surface area contributed by atoms with Gasteiger partial charge in [0.1, 0.15) is 10.6 Å². The molecule has 1 aromatic heterocycles. The first kappa shape index (κ1) is 19.3. The maximum Gasteiger partial charge on any atom is 0.187 e. The summed E-state index contributed by atoms with van der Waals surface area (Å²) in [5, 5.41) is 4.02. The molecule has 0 bridgehead atoms. The first-order chi connectivity index (χ1) is 12.2. The largest absolute Gasteiger partial charge is 0.495 e. The van der Waals surface area contributed by atoms with Crippen LogP contribution >= 0.6 is 11.3 Å². The van der Waals surface area contributed by atoms with Crippen molar-refractivity contribution in [2.24, 2.45) is 0 Å². The van der Waals surface area contributed by atoms with E-state index in [0.29, 0.717) is 6.54 Å². The summed E-state index contributed by atoms with van der Waals surface area (Å²) in [6.07, 6.45) is 0. The Labute approximate surface area is 158 Å². The number of thiophene rings is 1. The summed E-state index contributed by atoms with van der Waals surface area (Å²) in [7, 11) is -5.91. The number of methoxy groups -OCH3 is 1. The number of hydrogen-bond donors (Lipinski definition) is 1. The molecule has 26 heavy (non-hydrogen) atoms. The van der Waals surface area contributed by atoms with Gasteiger partial charge in [0.25, 0.3) is 0 Å². The molecule has 0 saturated carbocycles. The third-order valence-corrected chi connectivity index (χ3v) is 9.49. The van der Waals surface area contributed by atoms with Crippen molar-refractivity contribution in [1.82, 2.24) is 5.32 Å². The summed E-state index contributed by atoms with van der Waals surface area (Å²) in [5.41, 5.74) is 0.772. The predicted molar refractivity (Wildman–Crippen MR) is 102 cm³/mol. The molecule has 0 aliphatic carbocycles. The molecule has 1 N–H and O–H groups in total. The van der Waals surface area contributed by atoms with Crippen LogP contribution in [-0.4, -0.2) is 46.7 Å². The van der Waals surface area contributed by atoms with Crippen molar-refractivity contribution in [3.8, 4) is 5.75 Å². The molecule has 1 saturated heterocycles. The van der Waals surface area contributed by atoms with E-state index in [4.69, 9.17) is 4.74 Å². The molecule has 0 radical (unpaired) electrons. The Morgan fingerprint density at radius 1 is 1.27 bits per heavy atom. The number of nitrogens with one attached hydrogen (secondary N) is 1. The van der Waals surface area contributed by atoms with Gasteiger partial charge in [0.2, 0.25) is 0 Å². The van der Waals surface area contributed by atoms with Gasteiger partial charge in [-0.15, -0.1) is 11.3 Å². The number of sulfone groups is 2. The zero-order chi connectivity index (χ0) is 18.9. The van der Waals surface area contributed by atoms with Crippen LogP contribution in [0.3, 0.4) is 0 Å². The zero-order valence-electron chi connectivity index (χ0n) is 14.5. The van der Waals surface area contributed by atoms with E-state index in [1.807, 2.05) is 17.5 Å². The summed E-state index contributed by atoms with van der Waals surface area (Å²) in [4.78, 5) is 1.07. The summed E-state index contributed by atoms with van der Waals surface area (Å²) >= 11 is 1.54. The Kier molecular flexibility index (Phi) is 5.43. The fourth-order valence-corrected chi connectivity index (χ4v) is 8.74. The van der Waals surface area contributed by atoms with Crippen LogP contribution in [0.25, 0.3) is 0 Å². The lowest BCUT2D eigenvalue weighted by molar-refractivity contribution is 0.402. The van der Waals surface area contributed by atoms with E-state index < -0.39 is 31.0 Å². The van der Waals surface area contributed by atoms with E-state index in [2.05, 4.69) is 5.32 Å². The summed E-state index contributed by atoms with van der Waals surface area (Å²) in [5.74, 6) is -0.331. The number of hydrogen-bond acceptors (Lipinski definition) is 7. The van der Waals surface area contributed by atoms with Crippen molar-refractivity contribution in [2.45, 2.75) is 29.7 Å². The van der Waals surface area contributed by atoms with Gasteiger partial charge in [0.05, 0.1) is 23.9 Å². The van der Waals surface area contributed by atoms with Crippen LogP contribution in [-0.2, 0) is 26.2 Å². The summed E-state index contributed by atoms with van der Waals surface area (Å²) in [6, 6.07) is 8.07. The minimum atomic E-state index is -3.88. The molecule has 1 aromatic carbocycles. The fourth-order valence-electron chi connectivity index (χ4n) is 3.13. The van der Waals surface area contributed by atoms with Gasteiger partial charge >= 0.3 is 0 Å². The number of aryl methyl sites for hydroxylation is 1. The van der Waals surface area contributed by atoms with Gasteiger partial charge in [-0.2, -0.15) is 0 Å². The number of benzene rings is 1. The molecule has 0 amide bonds. The molecule has 6 nitrogen and oxygen atoms in total. The van der Waals surface area contributed by atoms with Crippen molar-refractivity contribution in [1.29, 1.82) is 0 Å². The predicted octanol–water partition coefficient (Wildman–Crippen LogP) is 1.79. The molecule has 0 unspecified atom stereocenters. The maximum absolute atomic E-state index is 13.2. The molecule has 1 aliphatic heterocycles. The Morgan fingerprint density at radius 2 is 2.04 bits per heavy atom. The molecule has 142 valence electrons. The molecule has 1 aliphatic rings. The zero-order valence-corrected chi connectivity index (χ0v) is 17.0. The molecular formula is C17H21NO5S3. The Hall–Kier alpha value is -1.42. The smallest absolute Gasteiger partial charge is 0.187 e. The third-order valence-electron chi connectivity index (χ3n) is 4.44. The van der Waals surface area contributed by atoms with Crippen LogP contribution in [0.1, 0.15) is 10.4 Å². The van der Waals surface area contributed by atoms with Crippen LogP contribution < -0.4 is 10.1 Å². The van der Waals surface area contributed by atoms with E-state index in [-0.39, 0.29) is 22.2 Å². The van der Waals surface area contributed by atoms with Crippen molar-refractivity contribution in [3.05, 3.63) is 46.2 Å². The van der Waals surface area contributed by atoms with Crippen LogP contribution in [0, 0.1) is 6.92 Å². The number of rotatable bonds is 6.